The van der Waals surface area contributed by atoms with E-state index in [2.05, 4.69) is 15.2 Å². The standard InChI is InChI=1S/C17H25N3O5/c1-20-11(9-15(21)24-3)5-6-12(20)10-18-16(22)13-7-8-14(23-2)19-17(13)25-4/h7-8,11-12H,5-6,9-10H2,1-4H3,(H,18,22)/t11-,12+/m1/s1. The third-order valence-electron chi connectivity index (χ3n) is 4.60. The maximum absolute atomic E-state index is 12.4. The van der Waals surface area contributed by atoms with Crippen molar-refractivity contribution in [2.24, 2.45) is 0 Å². The summed E-state index contributed by atoms with van der Waals surface area (Å²) in [6.07, 6.45) is 2.18. The van der Waals surface area contributed by atoms with Gasteiger partial charge in [0.25, 0.3) is 5.91 Å². The van der Waals surface area contributed by atoms with Crippen LogP contribution in [0.4, 0.5) is 0 Å². The molecular weight excluding hydrogens is 326 g/mol. The fourth-order valence-corrected chi connectivity index (χ4v) is 3.03. The van der Waals surface area contributed by atoms with Gasteiger partial charge in [0.1, 0.15) is 5.56 Å². The van der Waals surface area contributed by atoms with Gasteiger partial charge in [-0.3, -0.25) is 14.5 Å². The second kappa shape index (κ2) is 8.66. The molecule has 2 atom stereocenters. The van der Waals surface area contributed by atoms with Gasteiger partial charge in [0.05, 0.1) is 27.8 Å². The lowest BCUT2D eigenvalue weighted by molar-refractivity contribution is -0.141. The molecule has 0 aliphatic carbocycles. The van der Waals surface area contributed by atoms with Crippen molar-refractivity contribution in [2.45, 2.75) is 31.3 Å². The zero-order chi connectivity index (χ0) is 18.4. The molecular formula is C17H25N3O5. The van der Waals surface area contributed by atoms with Gasteiger partial charge in [0.2, 0.25) is 11.8 Å². The Morgan fingerprint density at radius 1 is 1.20 bits per heavy atom. The minimum absolute atomic E-state index is 0.145. The number of nitrogens with one attached hydrogen (secondary N) is 1. The monoisotopic (exact) mass is 351 g/mol. The Hall–Kier alpha value is -2.35. The Labute approximate surface area is 147 Å². The van der Waals surface area contributed by atoms with Gasteiger partial charge >= 0.3 is 5.97 Å². The summed E-state index contributed by atoms with van der Waals surface area (Å²) in [5, 5.41) is 2.91. The van der Waals surface area contributed by atoms with E-state index < -0.39 is 0 Å². The highest BCUT2D eigenvalue weighted by Crippen LogP contribution is 2.25. The molecule has 1 aliphatic rings. The Balaban J connectivity index is 1.93. The molecule has 1 N–H and O–H groups in total. The lowest BCUT2D eigenvalue weighted by atomic mass is 10.1. The van der Waals surface area contributed by atoms with Crippen LogP contribution in [0.1, 0.15) is 29.6 Å². The third kappa shape index (κ3) is 4.60. The fourth-order valence-electron chi connectivity index (χ4n) is 3.03. The molecule has 0 unspecified atom stereocenters. The van der Waals surface area contributed by atoms with Gasteiger partial charge in [-0.15, -0.1) is 0 Å². The van der Waals surface area contributed by atoms with Crippen molar-refractivity contribution in [3.8, 4) is 11.8 Å². The topological polar surface area (TPSA) is 90.0 Å². The largest absolute Gasteiger partial charge is 0.481 e. The normalized spacial score (nSPS) is 20.2. The number of carbonyl (C=O) groups excluding carboxylic acids is 2. The van der Waals surface area contributed by atoms with E-state index in [0.29, 0.717) is 24.4 Å². The van der Waals surface area contributed by atoms with E-state index in [9.17, 15) is 9.59 Å². The molecule has 1 aromatic heterocycles. The van der Waals surface area contributed by atoms with E-state index in [1.807, 2.05) is 7.05 Å². The zero-order valence-electron chi connectivity index (χ0n) is 15.1. The average molecular weight is 351 g/mol. The van der Waals surface area contributed by atoms with Crippen LogP contribution in [0.2, 0.25) is 0 Å². The predicted octanol–water partition coefficient (Wildman–Crippen LogP) is 0.854. The summed E-state index contributed by atoms with van der Waals surface area (Å²) in [5.41, 5.74) is 0.357. The van der Waals surface area contributed by atoms with Crippen LogP contribution in [0.25, 0.3) is 0 Å². The van der Waals surface area contributed by atoms with E-state index >= 15 is 0 Å². The first kappa shape index (κ1) is 19.0. The molecule has 1 aromatic rings. The van der Waals surface area contributed by atoms with E-state index in [-0.39, 0.29) is 29.8 Å². The molecule has 1 amide bonds. The quantitative estimate of drug-likeness (QED) is 0.729. The molecule has 2 rings (SSSR count). The summed E-state index contributed by atoms with van der Waals surface area (Å²) >= 11 is 0. The zero-order valence-corrected chi connectivity index (χ0v) is 15.1. The number of rotatable bonds is 7. The minimum atomic E-state index is -0.253. The van der Waals surface area contributed by atoms with E-state index in [4.69, 9.17) is 14.2 Å². The highest BCUT2D eigenvalue weighted by atomic mass is 16.5. The smallest absolute Gasteiger partial charge is 0.307 e. The van der Waals surface area contributed by atoms with E-state index in [0.717, 1.165) is 12.8 Å². The Kier molecular flexibility index (Phi) is 6.58. The number of nitrogens with zero attached hydrogens (tertiary/aromatic N) is 2. The fraction of sp³-hybridized carbons (Fsp3) is 0.588. The number of pyridine rings is 1. The molecule has 1 saturated heterocycles. The number of methoxy groups -OCH3 is 3. The Morgan fingerprint density at radius 3 is 2.56 bits per heavy atom. The molecule has 0 aromatic carbocycles. The van der Waals surface area contributed by atoms with Gasteiger partial charge in [-0.05, 0) is 26.0 Å². The summed E-state index contributed by atoms with van der Waals surface area (Å²) < 4.78 is 14.9. The second-order valence-electron chi connectivity index (χ2n) is 5.95. The SMILES string of the molecule is COC(=O)C[C@H]1CC[C@@H](CNC(=O)c2ccc(OC)nc2OC)N1C. The number of hydrogen-bond donors (Lipinski definition) is 1. The first-order valence-electron chi connectivity index (χ1n) is 8.16. The number of ether oxygens (including phenoxy) is 3. The second-order valence-corrected chi connectivity index (χ2v) is 5.95. The van der Waals surface area contributed by atoms with Crippen LogP contribution in [0.5, 0.6) is 11.8 Å². The van der Waals surface area contributed by atoms with Crippen molar-refractivity contribution in [3.05, 3.63) is 17.7 Å². The van der Waals surface area contributed by atoms with E-state index in [1.165, 1.54) is 21.3 Å². The third-order valence-corrected chi connectivity index (χ3v) is 4.60. The van der Waals surface area contributed by atoms with Crippen molar-refractivity contribution < 1.29 is 23.8 Å². The molecule has 138 valence electrons. The Morgan fingerprint density at radius 2 is 1.92 bits per heavy atom. The average Bonchev–Trinajstić information content (AvgIpc) is 2.98. The molecule has 1 aliphatic heterocycles. The number of carbonyl (C=O) groups is 2. The number of aromatic nitrogens is 1. The number of likely N-dealkylation sites (N-methyl/N-ethyl adjacent to an activating group) is 1. The van der Waals surface area contributed by atoms with E-state index in [1.54, 1.807) is 12.1 Å². The van der Waals surface area contributed by atoms with Gasteiger partial charge in [-0.2, -0.15) is 4.98 Å². The molecule has 0 bridgehead atoms. The van der Waals surface area contributed by atoms with Crippen LogP contribution >= 0.6 is 0 Å². The van der Waals surface area contributed by atoms with Gasteiger partial charge in [-0.25, -0.2) is 0 Å². The van der Waals surface area contributed by atoms with Gasteiger partial charge in [-0.1, -0.05) is 0 Å². The van der Waals surface area contributed by atoms with Gasteiger partial charge in [0, 0.05) is 24.7 Å². The molecule has 1 fully saturated rings. The highest BCUT2D eigenvalue weighted by Gasteiger charge is 2.32. The number of amides is 1. The van der Waals surface area contributed by atoms with Crippen molar-refractivity contribution in [1.29, 1.82) is 0 Å². The van der Waals surface area contributed by atoms with Crippen molar-refractivity contribution in [1.82, 2.24) is 15.2 Å². The molecule has 0 spiro atoms. The van der Waals surface area contributed by atoms with Crippen molar-refractivity contribution >= 4 is 11.9 Å². The first-order valence-corrected chi connectivity index (χ1v) is 8.16. The van der Waals surface area contributed by atoms with Crippen LogP contribution in [0.15, 0.2) is 12.1 Å². The van der Waals surface area contributed by atoms with Crippen molar-refractivity contribution in [2.75, 3.05) is 34.9 Å². The molecule has 8 nitrogen and oxygen atoms in total. The molecule has 0 saturated carbocycles. The maximum Gasteiger partial charge on any atom is 0.307 e. The van der Waals surface area contributed by atoms with Crippen molar-refractivity contribution in [3.63, 3.8) is 0 Å². The van der Waals surface area contributed by atoms with Gasteiger partial charge < -0.3 is 19.5 Å². The van der Waals surface area contributed by atoms with Crippen LogP contribution in [-0.4, -0.2) is 68.8 Å². The lowest BCUT2D eigenvalue weighted by Gasteiger charge is -2.25. The highest BCUT2D eigenvalue weighted by molar-refractivity contribution is 5.96. The Bertz CT molecular complexity index is 622. The molecule has 2 heterocycles. The first-order chi connectivity index (χ1) is 12.0. The number of hydrogen-bond acceptors (Lipinski definition) is 7. The van der Waals surface area contributed by atoms with Crippen LogP contribution in [0, 0.1) is 0 Å². The van der Waals surface area contributed by atoms with Gasteiger partial charge in [0.15, 0.2) is 0 Å². The van der Waals surface area contributed by atoms with Crippen LogP contribution < -0.4 is 14.8 Å². The number of esters is 1. The summed E-state index contributed by atoms with van der Waals surface area (Å²) in [7, 11) is 6.32. The summed E-state index contributed by atoms with van der Waals surface area (Å²) in [6, 6.07) is 3.56. The summed E-state index contributed by atoms with van der Waals surface area (Å²) in [5.74, 6) is 0.141. The lowest BCUT2D eigenvalue weighted by Crippen LogP contribution is -2.41. The minimum Gasteiger partial charge on any atom is -0.481 e. The maximum atomic E-state index is 12.4. The molecule has 25 heavy (non-hydrogen) atoms. The molecule has 8 heteroatoms. The predicted molar refractivity (Wildman–Crippen MR) is 90.9 cm³/mol. The number of likely N-dealkylation sites (tertiary alicyclic amines) is 1. The van der Waals surface area contributed by atoms with Crippen LogP contribution in [-0.2, 0) is 9.53 Å². The summed E-state index contributed by atoms with van der Waals surface area (Å²) in [6.45, 7) is 0.488. The summed E-state index contributed by atoms with van der Waals surface area (Å²) in [4.78, 5) is 30.1. The molecule has 0 radical (unpaired) electrons. The van der Waals surface area contributed by atoms with Crippen LogP contribution in [0.3, 0.4) is 0 Å².